The number of hydrogen-bond donors (Lipinski definition) is 1. The second kappa shape index (κ2) is 9.97. The van der Waals surface area contributed by atoms with Crippen LogP contribution >= 0.6 is 0 Å². The van der Waals surface area contributed by atoms with Gasteiger partial charge in [-0.2, -0.15) is 0 Å². The Morgan fingerprint density at radius 2 is 1.61 bits per heavy atom. The van der Waals surface area contributed by atoms with Crippen molar-refractivity contribution in [2.45, 2.75) is 26.7 Å². The Morgan fingerprint density at radius 3 is 2.17 bits per heavy atom. The molecule has 1 N–H and O–H groups in total. The number of aryl methyl sites for hydroxylation is 1. The monoisotopic (exact) mass is 308 g/mol. The van der Waals surface area contributed by atoms with Crippen LogP contribution < -0.4 is 0 Å². The Balaban J connectivity index is 0.000000238. The van der Waals surface area contributed by atoms with Crippen molar-refractivity contribution in [1.82, 2.24) is 0 Å². The van der Waals surface area contributed by atoms with E-state index in [1.165, 1.54) is 0 Å². The first-order chi connectivity index (χ1) is 11.0. The Morgan fingerprint density at radius 1 is 1.00 bits per heavy atom. The number of aliphatic carboxylic acids is 1. The fraction of sp³-hybridized carbons (Fsp3) is 0.200. The summed E-state index contributed by atoms with van der Waals surface area (Å²) >= 11 is 0. The van der Waals surface area contributed by atoms with Gasteiger partial charge in [0.25, 0.3) is 0 Å². The summed E-state index contributed by atoms with van der Waals surface area (Å²) < 4.78 is 0. The third-order valence-corrected chi connectivity index (χ3v) is 3.00. The van der Waals surface area contributed by atoms with Crippen molar-refractivity contribution in [2.75, 3.05) is 0 Å². The summed E-state index contributed by atoms with van der Waals surface area (Å²) in [6.45, 7) is 3.62. The third-order valence-electron chi connectivity index (χ3n) is 3.00. The molecular formula is C20H20O3. The lowest BCUT2D eigenvalue weighted by atomic mass is 10.1. The van der Waals surface area contributed by atoms with Gasteiger partial charge in [-0.05, 0) is 30.5 Å². The Bertz CT molecular complexity index is 706. The van der Waals surface area contributed by atoms with Crippen LogP contribution in [0.4, 0.5) is 0 Å². The lowest BCUT2D eigenvalue weighted by Crippen LogP contribution is -1.94. The summed E-state index contributed by atoms with van der Waals surface area (Å²) in [5.41, 5.74) is 2.97. The Labute approximate surface area is 137 Å². The van der Waals surface area contributed by atoms with Crippen molar-refractivity contribution >= 4 is 11.8 Å². The zero-order valence-corrected chi connectivity index (χ0v) is 13.4. The molecule has 0 saturated heterocycles. The van der Waals surface area contributed by atoms with Gasteiger partial charge in [-0.25, -0.2) is 4.79 Å². The summed E-state index contributed by atoms with van der Waals surface area (Å²) in [5.74, 6) is 3.84. The van der Waals surface area contributed by atoms with E-state index >= 15 is 0 Å². The molecule has 118 valence electrons. The van der Waals surface area contributed by atoms with Crippen LogP contribution in [0.15, 0.2) is 54.6 Å². The number of hydrogen-bond acceptors (Lipinski definition) is 2. The lowest BCUT2D eigenvalue weighted by molar-refractivity contribution is -0.130. The highest BCUT2D eigenvalue weighted by Crippen LogP contribution is 2.07. The molecule has 2 rings (SSSR count). The zero-order valence-electron chi connectivity index (χ0n) is 13.4. The second-order valence-electron chi connectivity index (χ2n) is 4.93. The van der Waals surface area contributed by atoms with E-state index in [0.29, 0.717) is 6.42 Å². The summed E-state index contributed by atoms with van der Waals surface area (Å²) in [4.78, 5) is 20.8. The highest BCUT2D eigenvalue weighted by atomic mass is 16.4. The van der Waals surface area contributed by atoms with Gasteiger partial charge in [0, 0.05) is 17.9 Å². The molecule has 0 aliphatic carbocycles. The van der Waals surface area contributed by atoms with Gasteiger partial charge in [0.05, 0.1) is 0 Å². The molecule has 0 spiro atoms. The maximum atomic E-state index is 10.6. The molecule has 2 aromatic carbocycles. The smallest absolute Gasteiger partial charge is 0.382 e. The number of carbonyl (C=O) groups is 2. The third kappa shape index (κ3) is 7.63. The van der Waals surface area contributed by atoms with E-state index in [0.717, 1.165) is 23.1 Å². The van der Waals surface area contributed by atoms with Gasteiger partial charge in [-0.15, -0.1) is 0 Å². The standard InChI is InChI=1S/C11H10O2.C9H10O/c1-2-9-5-3-4-6-10(9)7-8-11(12)13;1-8(10)7-9-5-3-2-4-6-9/h3-6H,2H2,1H3,(H,12,13);2-6H,7H2,1H3. The fourth-order valence-corrected chi connectivity index (χ4v) is 1.95. The molecule has 2 aromatic rings. The van der Waals surface area contributed by atoms with E-state index in [4.69, 9.17) is 5.11 Å². The number of ketones is 1. The van der Waals surface area contributed by atoms with Crippen LogP contribution in [0.25, 0.3) is 0 Å². The van der Waals surface area contributed by atoms with E-state index < -0.39 is 5.97 Å². The van der Waals surface area contributed by atoms with Gasteiger partial charge < -0.3 is 5.11 Å². The van der Waals surface area contributed by atoms with Gasteiger partial charge in [0.1, 0.15) is 5.78 Å². The first-order valence-corrected chi connectivity index (χ1v) is 7.39. The SMILES string of the molecule is CC(=O)Cc1ccccc1.CCc1ccccc1C#CC(=O)O. The average Bonchev–Trinajstić information content (AvgIpc) is 2.54. The topological polar surface area (TPSA) is 54.4 Å². The molecule has 0 unspecified atom stereocenters. The second-order valence-corrected chi connectivity index (χ2v) is 4.93. The van der Waals surface area contributed by atoms with Gasteiger partial charge >= 0.3 is 5.97 Å². The highest BCUT2D eigenvalue weighted by molar-refractivity contribution is 5.87. The van der Waals surface area contributed by atoms with Crippen molar-refractivity contribution in [3.63, 3.8) is 0 Å². The molecule has 0 saturated carbocycles. The van der Waals surface area contributed by atoms with Crippen LogP contribution in [0.3, 0.4) is 0 Å². The average molecular weight is 308 g/mol. The number of rotatable bonds is 3. The molecule has 0 fully saturated rings. The van der Waals surface area contributed by atoms with E-state index in [2.05, 4.69) is 11.8 Å². The maximum absolute atomic E-state index is 10.6. The van der Waals surface area contributed by atoms with Crippen molar-refractivity contribution in [3.8, 4) is 11.8 Å². The van der Waals surface area contributed by atoms with E-state index in [9.17, 15) is 9.59 Å². The molecule has 0 radical (unpaired) electrons. The van der Waals surface area contributed by atoms with Crippen LogP contribution in [-0.2, 0) is 22.4 Å². The highest BCUT2D eigenvalue weighted by Gasteiger charge is 1.95. The minimum atomic E-state index is -1.09. The van der Waals surface area contributed by atoms with E-state index in [1.54, 1.807) is 6.92 Å². The van der Waals surface area contributed by atoms with Gasteiger partial charge in [0.15, 0.2) is 0 Å². The molecule has 0 amide bonds. The van der Waals surface area contributed by atoms with E-state index in [1.807, 2.05) is 61.5 Å². The minimum absolute atomic E-state index is 0.214. The number of carbonyl (C=O) groups excluding carboxylic acids is 1. The normalized spacial score (nSPS) is 8.96. The summed E-state index contributed by atoms with van der Waals surface area (Å²) in [5, 5.41) is 8.36. The predicted octanol–water partition coefficient (Wildman–Crippen LogP) is 3.50. The van der Waals surface area contributed by atoms with Gasteiger partial charge in [-0.3, -0.25) is 4.79 Å². The number of carboxylic acid groups (broad SMARTS) is 1. The van der Waals surface area contributed by atoms with Gasteiger partial charge in [-0.1, -0.05) is 61.4 Å². The molecule has 3 nitrogen and oxygen atoms in total. The van der Waals surface area contributed by atoms with Gasteiger partial charge in [0.2, 0.25) is 0 Å². The lowest BCUT2D eigenvalue weighted by Gasteiger charge is -1.98. The fourth-order valence-electron chi connectivity index (χ4n) is 1.95. The summed E-state index contributed by atoms with van der Waals surface area (Å²) in [7, 11) is 0. The maximum Gasteiger partial charge on any atom is 0.382 e. The first-order valence-electron chi connectivity index (χ1n) is 7.39. The van der Waals surface area contributed by atoms with Crippen LogP contribution in [0, 0.1) is 11.8 Å². The summed E-state index contributed by atoms with van der Waals surface area (Å²) in [6, 6.07) is 17.3. The predicted molar refractivity (Wildman–Crippen MR) is 91.2 cm³/mol. The number of benzene rings is 2. The molecule has 23 heavy (non-hydrogen) atoms. The molecular weight excluding hydrogens is 288 g/mol. The Kier molecular flexibility index (Phi) is 7.88. The first kappa shape index (κ1) is 18.2. The van der Waals surface area contributed by atoms with Crippen molar-refractivity contribution in [1.29, 1.82) is 0 Å². The largest absolute Gasteiger partial charge is 0.472 e. The molecule has 0 heterocycles. The van der Waals surface area contributed by atoms with E-state index in [-0.39, 0.29) is 5.78 Å². The van der Waals surface area contributed by atoms with Crippen molar-refractivity contribution in [3.05, 3.63) is 71.3 Å². The summed E-state index contributed by atoms with van der Waals surface area (Å²) in [6.07, 6.45) is 1.42. The molecule has 0 aliphatic heterocycles. The Hall–Kier alpha value is -2.86. The van der Waals surface area contributed by atoms with Crippen LogP contribution in [0.2, 0.25) is 0 Å². The molecule has 3 heteroatoms. The molecule has 0 bridgehead atoms. The number of carboxylic acids is 1. The minimum Gasteiger partial charge on any atom is -0.472 e. The molecule has 0 aliphatic rings. The van der Waals surface area contributed by atoms with Crippen molar-refractivity contribution < 1.29 is 14.7 Å². The van der Waals surface area contributed by atoms with Crippen molar-refractivity contribution in [2.24, 2.45) is 0 Å². The van der Waals surface area contributed by atoms with Crippen LogP contribution in [0.1, 0.15) is 30.5 Å². The van der Waals surface area contributed by atoms with Crippen LogP contribution in [-0.4, -0.2) is 16.9 Å². The van der Waals surface area contributed by atoms with Crippen LogP contribution in [0.5, 0.6) is 0 Å². The zero-order chi connectivity index (χ0) is 17.1. The number of Topliss-reactive ketones (excluding diaryl/α,β-unsaturated/α-hetero) is 1. The molecule has 0 aromatic heterocycles. The molecule has 0 atom stereocenters. The quantitative estimate of drug-likeness (QED) is 0.883.